The van der Waals surface area contributed by atoms with Gasteiger partial charge in [-0.2, -0.15) is 0 Å². The summed E-state index contributed by atoms with van der Waals surface area (Å²) in [5.41, 5.74) is 0. The highest BCUT2D eigenvalue weighted by atomic mass is 14.9. The molecule has 1 aromatic rings. The highest BCUT2D eigenvalue weighted by Gasteiger charge is 1.78. The third-order valence-electron chi connectivity index (χ3n) is 0.635. The van der Waals surface area contributed by atoms with Gasteiger partial charge in [-0.1, -0.05) is 0 Å². The molecule has 1 N–H and O–H groups in total. The fourth-order valence-electron chi connectivity index (χ4n) is 0.344. The Hall–Kier alpha value is -1.23. The van der Waals surface area contributed by atoms with E-state index in [0.29, 0.717) is 5.82 Å². The number of nitrogens with zero attached hydrogens (tertiary/aromatic N) is 1. The van der Waals surface area contributed by atoms with Gasteiger partial charge in [0.2, 0.25) is 0 Å². The number of H-pyrrole nitrogens is 1. The topological polar surface area (TPSA) is 28.7 Å². The largest absolute Gasteiger partial charge is 0.338 e. The molecule has 0 aliphatic rings. The Kier molecular flexibility index (Phi) is 0.833. The van der Waals surface area contributed by atoms with E-state index in [9.17, 15) is 0 Å². The summed E-state index contributed by atoms with van der Waals surface area (Å²) in [6, 6.07) is 0. The molecule has 0 aliphatic heterocycles. The summed E-state index contributed by atoms with van der Waals surface area (Å²) >= 11 is 0. The van der Waals surface area contributed by atoms with Gasteiger partial charge in [0.25, 0.3) is 0 Å². The Morgan fingerprint density at radius 2 is 2.71 bits per heavy atom. The van der Waals surface area contributed by atoms with Crippen molar-refractivity contribution in [3.05, 3.63) is 18.2 Å². The molecular weight excluding hydrogens is 88.1 g/mol. The van der Waals surface area contributed by atoms with Crippen LogP contribution in [-0.4, -0.2) is 9.97 Å². The highest BCUT2D eigenvalue weighted by molar-refractivity contribution is 5.13. The van der Waals surface area contributed by atoms with Crippen LogP contribution in [0.25, 0.3) is 0 Å². The predicted octanol–water partition coefficient (Wildman–Crippen LogP) is 0.391. The Balaban J connectivity index is 3.04. The molecule has 7 heavy (non-hydrogen) atoms. The number of hydrogen-bond acceptors (Lipinski definition) is 1. The summed E-state index contributed by atoms with van der Waals surface area (Å²) in [6.07, 6.45) is 8.26. The Labute approximate surface area is 41.6 Å². The molecule has 1 aromatic heterocycles. The minimum Gasteiger partial charge on any atom is -0.338 e. The van der Waals surface area contributed by atoms with Gasteiger partial charge in [0.05, 0.1) is 0 Å². The van der Waals surface area contributed by atoms with Crippen molar-refractivity contribution in [3.63, 3.8) is 0 Å². The lowest BCUT2D eigenvalue weighted by Gasteiger charge is -1.69. The molecule has 0 spiro atoms. The number of aromatic nitrogens is 2. The summed E-state index contributed by atoms with van der Waals surface area (Å²) in [7, 11) is 0. The van der Waals surface area contributed by atoms with Gasteiger partial charge in [0.1, 0.15) is 0 Å². The van der Waals surface area contributed by atoms with Gasteiger partial charge in [-0.15, -0.1) is 6.42 Å². The number of rotatable bonds is 0. The number of nitrogens with one attached hydrogen (secondary N) is 1. The molecule has 0 bridgehead atoms. The maximum absolute atomic E-state index is 4.95. The quantitative estimate of drug-likeness (QED) is 0.461. The van der Waals surface area contributed by atoms with Gasteiger partial charge < -0.3 is 4.98 Å². The molecule has 0 atom stereocenters. The van der Waals surface area contributed by atoms with Crippen molar-refractivity contribution in [2.75, 3.05) is 0 Å². The standard InChI is InChI=1S/C5H4N2/c1-2-5-6-3-4-7-5/h1,3-4H,(H,6,7). The lowest BCUT2D eigenvalue weighted by atomic mass is 10.7. The molecule has 0 saturated heterocycles. The maximum atomic E-state index is 4.95. The fourth-order valence-corrected chi connectivity index (χ4v) is 0.344. The van der Waals surface area contributed by atoms with Crippen LogP contribution in [0.15, 0.2) is 12.4 Å². The second-order valence-electron chi connectivity index (χ2n) is 1.08. The number of imidazole rings is 1. The number of aromatic amines is 1. The fraction of sp³-hybridized carbons (Fsp3) is 0. The van der Waals surface area contributed by atoms with E-state index >= 15 is 0 Å². The molecule has 0 unspecified atom stereocenters. The zero-order chi connectivity index (χ0) is 5.11. The van der Waals surface area contributed by atoms with Crippen molar-refractivity contribution in [3.8, 4) is 12.3 Å². The van der Waals surface area contributed by atoms with Crippen LogP contribution in [0, 0.1) is 12.3 Å². The van der Waals surface area contributed by atoms with Crippen LogP contribution in [0.5, 0.6) is 0 Å². The predicted molar refractivity (Wildman–Crippen MR) is 26.5 cm³/mol. The molecule has 0 radical (unpaired) electrons. The third kappa shape index (κ3) is 0.606. The Morgan fingerprint density at radius 1 is 1.86 bits per heavy atom. The van der Waals surface area contributed by atoms with Gasteiger partial charge in [0, 0.05) is 12.4 Å². The van der Waals surface area contributed by atoms with E-state index in [0.717, 1.165) is 0 Å². The van der Waals surface area contributed by atoms with Crippen LogP contribution >= 0.6 is 0 Å². The van der Waals surface area contributed by atoms with E-state index in [4.69, 9.17) is 6.42 Å². The normalized spacial score (nSPS) is 7.86. The van der Waals surface area contributed by atoms with Crippen LogP contribution in [0.3, 0.4) is 0 Å². The third-order valence-corrected chi connectivity index (χ3v) is 0.635. The molecule has 1 rings (SSSR count). The molecule has 2 heteroatoms. The number of terminal acetylenes is 1. The van der Waals surface area contributed by atoms with Crippen LogP contribution in [-0.2, 0) is 0 Å². The second kappa shape index (κ2) is 1.48. The zero-order valence-electron chi connectivity index (χ0n) is 3.68. The summed E-state index contributed by atoms with van der Waals surface area (Å²) in [5, 5.41) is 0. The smallest absolute Gasteiger partial charge is 0.182 e. The summed E-state index contributed by atoms with van der Waals surface area (Å²) in [4.78, 5) is 6.48. The second-order valence-corrected chi connectivity index (χ2v) is 1.08. The first kappa shape index (κ1) is 3.94. The molecule has 0 fully saturated rings. The van der Waals surface area contributed by atoms with Gasteiger partial charge in [-0.25, -0.2) is 4.98 Å². The van der Waals surface area contributed by atoms with E-state index in [-0.39, 0.29) is 0 Å². The van der Waals surface area contributed by atoms with Gasteiger partial charge in [0.15, 0.2) is 5.82 Å². The average molecular weight is 92.1 g/mol. The molecule has 0 saturated carbocycles. The maximum Gasteiger partial charge on any atom is 0.182 e. The van der Waals surface area contributed by atoms with E-state index in [1.165, 1.54) is 0 Å². The zero-order valence-corrected chi connectivity index (χ0v) is 3.68. The van der Waals surface area contributed by atoms with Crippen LogP contribution in [0.4, 0.5) is 0 Å². The first-order valence-electron chi connectivity index (χ1n) is 1.89. The van der Waals surface area contributed by atoms with Gasteiger partial charge in [-0.05, 0) is 5.92 Å². The lowest BCUT2D eigenvalue weighted by molar-refractivity contribution is 1.26. The van der Waals surface area contributed by atoms with E-state index in [1.807, 2.05) is 0 Å². The summed E-state index contributed by atoms with van der Waals surface area (Å²) < 4.78 is 0. The van der Waals surface area contributed by atoms with Crippen LogP contribution < -0.4 is 0 Å². The van der Waals surface area contributed by atoms with E-state index < -0.39 is 0 Å². The SMILES string of the molecule is C#Cc1ncc[nH]1. The average Bonchev–Trinajstić information content (AvgIpc) is 2.14. The van der Waals surface area contributed by atoms with Crippen molar-refractivity contribution in [2.24, 2.45) is 0 Å². The molecular formula is C5H4N2. The lowest BCUT2D eigenvalue weighted by Crippen LogP contribution is -1.70. The van der Waals surface area contributed by atoms with Crippen LogP contribution in [0.2, 0.25) is 0 Å². The van der Waals surface area contributed by atoms with Crippen molar-refractivity contribution < 1.29 is 0 Å². The Bertz CT molecular complexity index is 168. The van der Waals surface area contributed by atoms with Crippen LogP contribution in [0.1, 0.15) is 5.82 Å². The molecule has 0 amide bonds. The van der Waals surface area contributed by atoms with Crippen molar-refractivity contribution >= 4 is 0 Å². The molecule has 0 aromatic carbocycles. The van der Waals surface area contributed by atoms with Crippen molar-refractivity contribution in [1.82, 2.24) is 9.97 Å². The van der Waals surface area contributed by atoms with Crippen molar-refractivity contribution in [1.29, 1.82) is 0 Å². The number of hydrogen-bond donors (Lipinski definition) is 1. The molecule has 2 nitrogen and oxygen atoms in total. The first-order chi connectivity index (χ1) is 3.43. The van der Waals surface area contributed by atoms with E-state index in [2.05, 4.69) is 15.9 Å². The van der Waals surface area contributed by atoms with Gasteiger partial charge in [-0.3, -0.25) is 0 Å². The summed E-state index contributed by atoms with van der Waals surface area (Å²) in [5.74, 6) is 2.92. The molecule has 34 valence electrons. The minimum absolute atomic E-state index is 0.583. The highest BCUT2D eigenvalue weighted by Crippen LogP contribution is 1.79. The van der Waals surface area contributed by atoms with E-state index in [1.54, 1.807) is 12.4 Å². The monoisotopic (exact) mass is 92.0 g/mol. The first-order valence-corrected chi connectivity index (χ1v) is 1.89. The Morgan fingerprint density at radius 3 is 3.00 bits per heavy atom. The molecule has 1 heterocycles. The van der Waals surface area contributed by atoms with Gasteiger partial charge >= 0.3 is 0 Å². The minimum atomic E-state index is 0.583. The molecule has 0 aliphatic carbocycles. The van der Waals surface area contributed by atoms with Crippen molar-refractivity contribution in [2.45, 2.75) is 0 Å². The summed E-state index contributed by atoms with van der Waals surface area (Å²) in [6.45, 7) is 0.